The smallest absolute Gasteiger partial charge is 0.119 e. The molecule has 96 valence electrons. The molecule has 2 rings (SSSR count). The lowest BCUT2D eigenvalue weighted by molar-refractivity contribution is 0.415. The van der Waals surface area contributed by atoms with Gasteiger partial charge in [-0.1, -0.05) is 23.7 Å². The Morgan fingerprint density at radius 3 is 2.74 bits per heavy atom. The normalized spacial score (nSPS) is 9.84. The largest absolute Gasteiger partial charge is 0.497 e. The zero-order chi connectivity index (χ0) is 13.8. The van der Waals surface area contributed by atoms with E-state index in [9.17, 15) is 0 Å². The average Bonchev–Trinajstić information content (AvgIpc) is 2.42. The van der Waals surface area contributed by atoms with Gasteiger partial charge in [-0.2, -0.15) is 4.99 Å². The molecule has 0 fully saturated rings. The fraction of sp³-hybridized carbons (Fsp3) is 0.0714. The maximum absolute atomic E-state index is 6.25. The van der Waals surface area contributed by atoms with Crippen LogP contribution in [0.3, 0.4) is 0 Å². The molecule has 0 unspecified atom stereocenters. The van der Waals surface area contributed by atoms with Crippen LogP contribution in [0.25, 0.3) is 11.1 Å². The van der Waals surface area contributed by atoms with Gasteiger partial charge in [0.25, 0.3) is 0 Å². The molecule has 2 nitrogen and oxygen atoms in total. The van der Waals surface area contributed by atoms with Gasteiger partial charge in [-0.15, -0.1) is 0 Å². The minimum Gasteiger partial charge on any atom is -0.497 e. The van der Waals surface area contributed by atoms with E-state index >= 15 is 0 Å². The summed E-state index contributed by atoms with van der Waals surface area (Å²) in [4.78, 5) is 4.10. The third-order valence-electron chi connectivity index (χ3n) is 2.61. The quantitative estimate of drug-likeness (QED) is 0.535. The van der Waals surface area contributed by atoms with E-state index in [2.05, 4.69) is 38.3 Å². The molecule has 0 N–H and O–H groups in total. The summed E-state index contributed by atoms with van der Waals surface area (Å²) in [6.45, 7) is 0. The van der Waals surface area contributed by atoms with Gasteiger partial charge in [0.15, 0.2) is 0 Å². The SMILES string of the molecule is COc1ccc(Cl)c(-c2cccc(Br)c2N=C=S)c1. The van der Waals surface area contributed by atoms with E-state index < -0.39 is 0 Å². The molecule has 2 aromatic carbocycles. The van der Waals surface area contributed by atoms with E-state index in [1.807, 2.05) is 30.3 Å². The molecule has 2 aromatic rings. The topological polar surface area (TPSA) is 21.6 Å². The minimum absolute atomic E-state index is 0.625. The number of hydrogen-bond donors (Lipinski definition) is 0. The summed E-state index contributed by atoms with van der Waals surface area (Å²) in [6.07, 6.45) is 0. The Morgan fingerprint density at radius 2 is 2.05 bits per heavy atom. The molecule has 19 heavy (non-hydrogen) atoms. The second-order valence-corrected chi connectivity index (χ2v) is 5.13. The number of benzene rings is 2. The molecule has 0 aromatic heterocycles. The Bertz CT molecular complexity index is 668. The predicted octanol–water partition coefficient (Wildman–Crippen LogP) is 5.51. The van der Waals surface area contributed by atoms with E-state index in [1.54, 1.807) is 13.2 Å². The number of thiocarbonyl (C=S) groups is 1. The van der Waals surface area contributed by atoms with E-state index in [1.165, 1.54) is 0 Å². The molecular weight excluding hydrogens is 346 g/mol. The van der Waals surface area contributed by atoms with Crippen molar-refractivity contribution in [1.29, 1.82) is 0 Å². The van der Waals surface area contributed by atoms with Crippen LogP contribution in [0.1, 0.15) is 0 Å². The van der Waals surface area contributed by atoms with Crippen LogP contribution in [0, 0.1) is 0 Å². The highest BCUT2D eigenvalue weighted by molar-refractivity contribution is 9.10. The first-order valence-corrected chi connectivity index (χ1v) is 6.95. The summed E-state index contributed by atoms with van der Waals surface area (Å²) in [7, 11) is 1.62. The average molecular weight is 355 g/mol. The van der Waals surface area contributed by atoms with Crippen LogP contribution < -0.4 is 4.74 Å². The Morgan fingerprint density at radius 1 is 1.26 bits per heavy atom. The second kappa shape index (κ2) is 6.31. The van der Waals surface area contributed by atoms with Gasteiger partial charge in [-0.25, -0.2) is 0 Å². The Kier molecular flexibility index (Phi) is 4.72. The van der Waals surface area contributed by atoms with Crippen molar-refractivity contribution in [2.75, 3.05) is 7.11 Å². The Labute approximate surface area is 130 Å². The lowest BCUT2D eigenvalue weighted by Gasteiger charge is -2.10. The lowest BCUT2D eigenvalue weighted by Crippen LogP contribution is -1.86. The van der Waals surface area contributed by atoms with Crippen LogP contribution in [0.2, 0.25) is 5.02 Å². The number of aliphatic imine (C=N–C) groups is 1. The van der Waals surface area contributed by atoms with Crippen LogP contribution in [0.5, 0.6) is 5.75 Å². The molecule has 0 atom stereocenters. The zero-order valence-corrected chi connectivity index (χ0v) is 13.1. The summed E-state index contributed by atoms with van der Waals surface area (Å²) < 4.78 is 6.06. The molecule has 0 amide bonds. The number of methoxy groups -OCH3 is 1. The zero-order valence-electron chi connectivity index (χ0n) is 9.98. The van der Waals surface area contributed by atoms with Crippen LogP contribution in [-0.4, -0.2) is 12.3 Å². The summed E-state index contributed by atoms with van der Waals surface area (Å²) >= 11 is 14.4. The number of nitrogens with zero attached hydrogens (tertiary/aromatic N) is 1. The second-order valence-electron chi connectivity index (χ2n) is 3.68. The summed E-state index contributed by atoms with van der Waals surface area (Å²) in [5.41, 5.74) is 2.41. The predicted molar refractivity (Wildman–Crippen MR) is 85.8 cm³/mol. The maximum atomic E-state index is 6.25. The third kappa shape index (κ3) is 3.04. The molecule has 0 aliphatic rings. The van der Waals surface area contributed by atoms with Crippen molar-refractivity contribution in [3.05, 3.63) is 45.9 Å². The lowest BCUT2D eigenvalue weighted by atomic mass is 10.0. The van der Waals surface area contributed by atoms with Crippen molar-refractivity contribution in [3.63, 3.8) is 0 Å². The fourth-order valence-electron chi connectivity index (χ4n) is 1.73. The van der Waals surface area contributed by atoms with Crippen molar-refractivity contribution in [2.45, 2.75) is 0 Å². The molecular formula is C14H9BrClNOS. The number of halogens is 2. The number of ether oxygens (including phenoxy) is 1. The van der Waals surface area contributed by atoms with E-state index in [4.69, 9.17) is 16.3 Å². The van der Waals surface area contributed by atoms with Crippen LogP contribution >= 0.6 is 39.7 Å². The van der Waals surface area contributed by atoms with Gasteiger partial charge in [0.1, 0.15) is 5.75 Å². The Hall–Kier alpha value is -1.19. The van der Waals surface area contributed by atoms with Gasteiger partial charge in [-0.05, 0) is 52.4 Å². The molecule has 0 spiro atoms. The molecule has 0 saturated heterocycles. The molecule has 0 bridgehead atoms. The van der Waals surface area contributed by atoms with E-state index in [-0.39, 0.29) is 0 Å². The van der Waals surface area contributed by atoms with Crippen LogP contribution in [0.4, 0.5) is 5.69 Å². The molecule has 0 saturated carbocycles. The Balaban J connectivity index is 2.71. The highest BCUT2D eigenvalue weighted by atomic mass is 79.9. The van der Waals surface area contributed by atoms with Gasteiger partial charge in [0, 0.05) is 20.6 Å². The fourth-order valence-corrected chi connectivity index (χ4v) is 2.50. The van der Waals surface area contributed by atoms with E-state index in [0.717, 1.165) is 21.3 Å². The van der Waals surface area contributed by atoms with E-state index in [0.29, 0.717) is 10.7 Å². The van der Waals surface area contributed by atoms with Crippen molar-refractivity contribution in [3.8, 4) is 16.9 Å². The number of para-hydroxylation sites is 1. The first kappa shape index (κ1) is 14.2. The minimum atomic E-state index is 0.625. The van der Waals surface area contributed by atoms with Gasteiger partial charge in [0.2, 0.25) is 0 Å². The van der Waals surface area contributed by atoms with Gasteiger partial charge in [-0.3, -0.25) is 0 Å². The molecule has 0 aliphatic carbocycles. The highest BCUT2D eigenvalue weighted by Crippen LogP contribution is 2.40. The number of isothiocyanates is 1. The number of rotatable bonds is 3. The van der Waals surface area contributed by atoms with Crippen molar-refractivity contribution < 1.29 is 4.74 Å². The van der Waals surface area contributed by atoms with Gasteiger partial charge in [0.05, 0.1) is 18.0 Å². The van der Waals surface area contributed by atoms with Gasteiger partial charge >= 0.3 is 0 Å². The monoisotopic (exact) mass is 353 g/mol. The number of hydrogen-bond acceptors (Lipinski definition) is 3. The summed E-state index contributed by atoms with van der Waals surface area (Å²) in [5.74, 6) is 0.733. The first-order chi connectivity index (χ1) is 9.17. The molecule has 5 heteroatoms. The van der Waals surface area contributed by atoms with Crippen LogP contribution in [0.15, 0.2) is 45.9 Å². The molecule has 0 heterocycles. The first-order valence-electron chi connectivity index (χ1n) is 5.37. The van der Waals surface area contributed by atoms with Crippen molar-refractivity contribution in [1.82, 2.24) is 0 Å². The van der Waals surface area contributed by atoms with Crippen LogP contribution in [-0.2, 0) is 0 Å². The standard InChI is InChI=1S/C14H9BrClNOS/c1-18-9-5-6-13(16)11(7-9)10-3-2-4-12(15)14(10)17-8-19/h2-7H,1H3. The maximum Gasteiger partial charge on any atom is 0.119 e. The third-order valence-corrected chi connectivity index (χ3v) is 3.67. The highest BCUT2D eigenvalue weighted by Gasteiger charge is 2.12. The molecule has 0 aliphatic heterocycles. The van der Waals surface area contributed by atoms with Gasteiger partial charge < -0.3 is 4.74 Å². The van der Waals surface area contributed by atoms with Crippen molar-refractivity contribution in [2.24, 2.45) is 4.99 Å². The van der Waals surface area contributed by atoms with Crippen molar-refractivity contribution >= 4 is 50.6 Å². The summed E-state index contributed by atoms with van der Waals surface area (Å²) in [6, 6.07) is 11.2. The summed E-state index contributed by atoms with van der Waals surface area (Å²) in [5, 5.41) is 3.01. The molecule has 0 radical (unpaired) electrons.